The Hall–Kier alpha value is -3.91. The molecule has 1 heterocycles. The van der Waals surface area contributed by atoms with Gasteiger partial charge in [-0.1, -0.05) is 24.2 Å². The van der Waals surface area contributed by atoms with Crippen molar-refractivity contribution in [3.63, 3.8) is 0 Å². The molecule has 9 heteroatoms. The zero-order chi connectivity index (χ0) is 23.3. The summed E-state index contributed by atoms with van der Waals surface area (Å²) >= 11 is 6.66. The SMILES string of the molecule is C=C(C)C(=O)Nc1cccc(NC(=O)C(Cl)(C(=O)c2ccc(OC)cc2)n2cccn2)c1. The molecule has 32 heavy (non-hydrogen) atoms. The number of ether oxygens (including phenoxy) is 1. The van der Waals surface area contributed by atoms with E-state index in [2.05, 4.69) is 22.3 Å². The van der Waals surface area contributed by atoms with E-state index in [1.165, 1.54) is 37.7 Å². The molecule has 2 aromatic carbocycles. The molecule has 0 aliphatic carbocycles. The van der Waals surface area contributed by atoms with E-state index in [9.17, 15) is 14.4 Å². The summed E-state index contributed by atoms with van der Waals surface area (Å²) in [5.41, 5.74) is 1.31. The van der Waals surface area contributed by atoms with Crippen molar-refractivity contribution < 1.29 is 19.1 Å². The van der Waals surface area contributed by atoms with Crippen molar-refractivity contribution in [3.05, 3.63) is 84.7 Å². The average molecular weight is 453 g/mol. The normalized spacial score (nSPS) is 12.3. The van der Waals surface area contributed by atoms with Crippen molar-refractivity contribution in [2.24, 2.45) is 0 Å². The second-order valence-electron chi connectivity index (χ2n) is 6.90. The number of nitrogens with zero attached hydrogens (tertiary/aromatic N) is 2. The van der Waals surface area contributed by atoms with E-state index in [-0.39, 0.29) is 11.5 Å². The Kier molecular flexibility index (Phi) is 6.75. The van der Waals surface area contributed by atoms with E-state index in [0.717, 1.165) is 4.68 Å². The Morgan fingerprint density at radius 1 is 1.06 bits per heavy atom. The number of hydrogen-bond acceptors (Lipinski definition) is 5. The molecule has 3 rings (SSSR count). The van der Waals surface area contributed by atoms with Crippen LogP contribution >= 0.6 is 11.6 Å². The molecule has 2 amide bonds. The van der Waals surface area contributed by atoms with Crippen LogP contribution in [-0.2, 0) is 14.6 Å². The van der Waals surface area contributed by atoms with Gasteiger partial charge < -0.3 is 15.4 Å². The van der Waals surface area contributed by atoms with Crippen molar-refractivity contribution in [1.82, 2.24) is 9.78 Å². The van der Waals surface area contributed by atoms with E-state index in [1.807, 2.05) is 0 Å². The zero-order valence-corrected chi connectivity index (χ0v) is 18.2. The number of Topliss-reactive ketones (excluding diaryl/α,β-unsaturated/α-hetero) is 1. The van der Waals surface area contributed by atoms with Crippen LogP contribution in [0.1, 0.15) is 17.3 Å². The fraction of sp³-hybridized carbons (Fsp3) is 0.130. The standard InChI is InChI=1S/C23H21ClN4O4/c1-15(2)21(30)26-17-6-4-7-18(14-17)27-22(31)23(24,28-13-5-12-25-28)20(29)16-8-10-19(32-3)11-9-16/h4-14H,1H2,2-3H3,(H,26,30)(H,27,31). The summed E-state index contributed by atoms with van der Waals surface area (Å²) in [5, 5.41) is 9.32. The Morgan fingerprint density at radius 2 is 1.72 bits per heavy atom. The molecule has 1 unspecified atom stereocenters. The molecular formula is C23H21ClN4O4. The molecule has 0 aliphatic rings. The summed E-state index contributed by atoms with van der Waals surface area (Å²) in [4.78, 5) is 36.3. The molecule has 0 saturated carbocycles. The highest BCUT2D eigenvalue weighted by Gasteiger charge is 2.47. The maximum Gasteiger partial charge on any atom is 0.276 e. The summed E-state index contributed by atoms with van der Waals surface area (Å²) in [6.45, 7) is 5.17. The molecule has 0 spiro atoms. The second kappa shape index (κ2) is 9.49. The highest BCUT2D eigenvalue weighted by molar-refractivity contribution is 6.47. The topological polar surface area (TPSA) is 102 Å². The molecule has 1 atom stereocenters. The van der Waals surface area contributed by atoms with Crippen molar-refractivity contribution in [2.45, 2.75) is 11.9 Å². The smallest absolute Gasteiger partial charge is 0.276 e. The highest BCUT2D eigenvalue weighted by atomic mass is 35.5. The van der Waals surface area contributed by atoms with Crippen LogP contribution in [0, 0.1) is 0 Å². The van der Waals surface area contributed by atoms with Crippen LogP contribution in [0.4, 0.5) is 11.4 Å². The Morgan fingerprint density at radius 3 is 2.28 bits per heavy atom. The summed E-state index contributed by atoms with van der Waals surface area (Å²) in [5.74, 6) is -1.29. The number of ketones is 1. The third-order valence-electron chi connectivity index (χ3n) is 4.54. The Labute approximate surface area is 189 Å². The fourth-order valence-corrected chi connectivity index (χ4v) is 3.08. The number of carbonyl (C=O) groups is 3. The second-order valence-corrected chi connectivity index (χ2v) is 7.45. The summed E-state index contributed by atoms with van der Waals surface area (Å²) in [6, 6.07) is 14.2. The minimum Gasteiger partial charge on any atom is -0.497 e. The first-order chi connectivity index (χ1) is 15.3. The first kappa shape index (κ1) is 22.8. The van der Waals surface area contributed by atoms with Crippen molar-refractivity contribution in [2.75, 3.05) is 17.7 Å². The number of halogens is 1. The Bertz CT molecular complexity index is 1160. The first-order valence-electron chi connectivity index (χ1n) is 9.52. The van der Waals surface area contributed by atoms with Gasteiger partial charge in [-0.05, 0) is 55.5 Å². The van der Waals surface area contributed by atoms with Crippen LogP contribution in [0.3, 0.4) is 0 Å². The van der Waals surface area contributed by atoms with Gasteiger partial charge in [0.05, 0.1) is 7.11 Å². The van der Waals surface area contributed by atoms with Gasteiger partial charge in [-0.25, -0.2) is 4.68 Å². The monoisotopic (exact) mass is 452 g/mol. The number of amides is 2. The molecule has 0 radical (unpaired) electrons. The molecule has 0 saturated heterocycles. The van der Waals surface area contributed by atoms with Gasteiger partial charge in [-0.15, -0.1) is 0 Å². The van der Waals surface area contributed by atoms with Gasteiger partial charge in [-0.2, -0.15) is 5.10 Å². The number of alkyl halides is 1. The minimum absolute atomic E-state index is 0.203. The predicted octanol–water partition coefficient (Wildman–Crippen LogP) is 3.82. The number of carbonyl (C=O) groups excluding carboxylic acids is 3. The molecule has 2 N–H and O–H groups in total. The van der Waals surface area contributed by atoms with Crippen LogP contribution in [-0.4, -0.2) is 34.5 Å². The van der Waals surface area contributed by atoms with E-state index >= 15 is 0 Å². The van der Waals surface area contributed by atoms with Gasteiger partial charge in [0.1, 0.15) is 5.75 Å². The summed E-state index contributed by atoms with van der Waals surface area (Å²) < 4.78 is 6.20. The molecule has 0 aliphatic heterocycles. The number of hydrogen-bond donors (Lipinski definition) is 2. The van der Waals surface area contributed by atoms with Gasteiger partial charge in [0.25, 0.3) is 16.8 Å². The molecule has 0 bridgehead atoms. The van der Waals surface area contributed by atoms with E-state index in [0.29, 0.717) is 22.7 Å². The minimum atomic E-state index is -2.19. The van der Waals surface area contributed by atoms with Crippen molar-refractivity contribution >= 4 is 40.6 Å². The molecule has 1 aromatic heterocycles. The fourth-order valence-electron chi connectivity index (χ4n) is 2.82. The van der Waals surface area contributed by atoms with Crippen molar-refractivity contribution in [3.8, 4) is 5.75 Å². The predicted molar refractivity (Wildman–Crippen MR) is 122 cm³/mol. The number of benzene rings is 2. The van der Waals surface area contributed by atoms with Crippen molar-refractivity contribution in [1.29, 1.82) is 0 Å². The highest BCUT2D eigenvalue weighted by Crippen LogP contribution is 2.30. The number of aromatic nitrogens is 2. The van der Waals surface area contributed by atoms with Crippen LogP contribution in [0.2, 0.25) is 0 Å². The lowest BCUT2D eigenvalue weighted by atomic mass is 10.0. The molecule has 0 fully saturated rings. The van der Waals surface area contributed by atoms with Gasteiger partial charge in [0, 0.05) is 34.9 Å². The molecule has 164 valence electrons. The van der Waals surface area contributed by atoms with Gasteiger partial charge in [-0.3, -0.25) is 14.4 Å². The maximum absolute atomic E-state index is 13.3. The third-order valence-corrected chi connectivity index (χ3v) is 5.06. The number of nitrogens with one attached hydrogen (secondary N) is 2. The number of anilines is 2. The molecule has 8 nitrogen and oxygen atoms in total. The number of rotatable bonds is 8. The lowest BCUT2D eigenvalue weighted by Gasteiger charge is -2.25. The van der Waals surface area contributed by atoms with Crippen LogP contribution in [0.25, 0.3) is 0 Å². The zero-order valence-electron chi connectivity index (χ0n) is 17.5. The first-order valence-corrected chi connectivity index (χ1v) is 9.89. The largest absolute Gasteiger partial charge is 0.497 e. The van der Waals surface area contributed by atoms with Gasteiger partial charge in [0.2, 0.25) is 5.78 Å². The quantitative estimate of drug-likeness (QED) is 0.234. The Balaban J connectivity index is 1.91. The van der Waals surface area contributed by atoms with Gasteiger partial charge >= 0.3 is 0 Å². The van der Waals surface area contributed by atoms with Crippen LogP contribution in [0.5, 0.6) is 5.75 Å². The summed E-state index contributed by atoms with van der Waals surface area (Å²) in [7, 11) is 1.51. The van der Waals surface area contributed by atoms with E-state index < -0.39 is 16.7 Å². The van der Waals surface area contributed by atoms with Crippen LogP contribution < -0.4 is 15.4 Å². The third kappa shape index (κ3) is 4.70. The molecular weight excluding hydrogens is 432 g/mol. The van der Waals surface area contributed by atoms with Crippen LogP contribution in [0.15, 0.2) is 79.1 Å². The van der Waals surface area contributed by atoms with E-state index in [1.54, 1.807) is 43.3 Å². The maximum atomic E-state index is 13.3. The van der Waals surface area contributed by atoms with Gasteiger partial charge in [0.15, 0.2) is 0 Å². The lowest BCUT2D eigenvalue weighted by molar-refractivity contribution is -0.119. The summed E-state index contributed by atoms with van der Waals surface area (Å²) in [6.07, 6.45) is 2.84. The molecule has 3 aromatic rings. The number of methoxy groups -OCH3 is 1. The average Bonchev–Trinajstić information content (AvgIpc) is 3.33. The van der Waals surface area contributed by atoms with E-state index in [4.69, 9.17) is 16.3 Å². The lowest BCUT2D eigenvalue weighted by Crippen LogP contribution is -2.47.